The lowest BCUT2D eigenvalue weighted by molar-refractivity contribution is 0.0997. The van der Waals surface area contributed by atoms with E-state index in [0.29, 0.717) is 18.8 Å². The van der Waals surface area contributed by atoms with Gasteiger partial charge in [-0.2, -0.15) is 5.26 Å². The van der Waals surface area contributed by atoms with Crippen molar-refractivity contribution in [1.29, 1.82) is 5.26 Å². The van der Waals surface area contributed by atoms with Gasteiger partial charge in [-0.05, 0) is 19.1 Å². The van der Waals surface area contributed by atoms with Crippen LogP contribution in [-0.2, 0) is 4.74 Å². The van der Waals surface area contributed by atoms with Gasteiger partial charge in [-0.15, -0.1) is 0 Å². The van der Waals surface area contributed by atoms with E-state index in [2.05, 4.69) is 9.88 Å². The third-order valence-electron chi connectivity index (χ3n) is 2.84. The molecule has 0 unspecified atom stereocenters. The fraction of sp³-hybridized carbons (Fsp3) is 0.462. The summed E-state index contributed by atoms with van der Waals surface area (Å²) in [7, 11) is 0. The molecule has 0 atom stereocenters. The molecule has 1 aliphatic heterocycles. The number of morpholine rings is 1. The molecule has 1 saturated heterocycles. The summed E-state index contributed by atoms with van der Waals surface area (Å²) < 4.78 is 5.29. The van der Waals surface area contributed by atoms with E-state index in [1.807, 2.05) is 13.0 Å². The smallest absolute Gasteiger partial charge is 0.177 e. The van der Waals surface area contributed by atoms with Crippen LogP contribution in [0.1, 0.15) is 22.5 Å². The number of aryl methyl sites for hydroxylation is 1. The molecule has 1 aromatic rings. The number of pyridine rings is 1. The Hall–Kier alpha value is -1.93. The fourth-order valence-corrected chi connectivity index (χ4v) is 1.94. The van der Waals surface area contributed by atoms with E-state index in [9.17, 15) is 4.79 Å². The maximum absolute atomic E-state index is 11.7. The lowest BCUT2D eigenvalue weighted by Gasteiger charge is -2.28. The van der Waals surface area contributed by atoms with Crippen molar-refractivity contribution < 1.29 is 9.53 Å². The van der Waals surface area contributed by atoms with Crippen molar-refractivity contribution in [3.05, 3.63) is 23.4 Å². The van der Waals surface area contributed by atoms with E-state index in [1.54, 1.807) is 12.1 Å². The lowest BCUT2D eigenvalue weighted by atomic mass is 10.1. The van der Waals surface area contributed by atoms with E-state index in [4.69, 9.17) is 10.00 Å². The molecule has 1 aromatic heterocycles. The first kappa shape index (κ1) is 12.5. The zero-order valence-electron chi connectivity index (χ0n) is 10.3. The number of anilines is 1. The Morgan fingerprint density at radius 1 is 1.50 bits per heavy atom. The Morgan fingerprint density at radius 2 is 2.22 bits per heavy atom. The summed E-state index contributed by atoms with van der Waals surface area (Å²) in [4.78, 5) is 18.3. The number of nitrogens with zero attached hydrogens (tertiary/aromatic N) is 3. The average Bonchev–Trinajstić information content (AvgIpc) is 2.39. The van der Waals surface area contributed by atoms with Crippen LogP contribution in [0.15, 0.2) is 12.1 Å². The monoisotopic (exact) mass is 245 g/mol. The number of hydrogen-bond donors (Lipinski definition) is 0. The number of ketones is 1. The van der Waals surface area contributed by atoms with E-state index >= 15 is 0 Å². The zero-order chi connectivity index (χ0) is 13.0. The van der Waals surface area contributed by atoms with Gasteiger partial charge in [0.05, 0.1) is 25.7 Å². The molecule has 5 nitrogen and oxygen atoms in total. The summed E-state index contributed by atoms with van der Waals surface area (Å²) in [5.41, 5.74) is 1.35. The van der Waals surface area contributed by atoms with Crippen molar-refractivity contribution in [2.24, 2.45) is 0 Å². The molecule has 1 fully saturated rings. The maximum atomic E-state index is 11.7. The van der Waals surface area contributed by atoms with Crippen molar-refractivity contribution in [2.45, 2.75) is 13.3 Å². The van der Waals surface area contributed by atoms with Crippen LogP contribution in [-0.4, -0.2) is 37.1 Å². The Morgan fingerprint density at radius 3 is 2.89 bits per heavy atom. The van der Waals surface area contributed by atoms with E-state index in [0.717, 1.165) is 24.6 Å². The van der Waals surface area contributed by atoms with Gasteiger partial charge in [0.15, 0.2) is 5.78 Å². The first-order valence-electron chi connectivity index (χ1n) is 5.92. The van der Waals surface area contributed by atoms with Crippen LogP contribution in [0.2, 0.25) is 0 Å². The molecule has 0 bridgehead atoms. The van der Waals surface area contributed by atoms with Gasteiger partial charge >= 0.3 is 0 Å². The fourth-order valence-electron chi connectivity index (χ4n) is 1.94. The maximum Gasteiger partial charge on any atom is 0.177 e. The van der Waals surface area contributed by atoms with Gasteiger partial charge in [0.2, 0.25) is 0 Å². The highest BCUT2D eigenvalue weighted by atomic mass is 16.5. The quantitative estimate of drug-likeness (QED) is 0.751. The van der Waals surface area contributed by atoms with Gasteiger partial charge in [0, 0.05) is 24.3 Å². The summed E-state index contributed by atoms with van der Waals surface area (Å²) in [6.45, 7) is 4.77. The first-order chi connectivity index (χ1) is 8.70. The van der Waals surface area contributed by atoms with Crippen LogP contribution in [0.4, 0.5) is 5.82 Å². The normalized spacial score (nSPS) is 15.2. The van der Waals surface area contributed by atoms with E-state index < -0.39 is 0 Å². The highest BCUT2D eigenvalue weighted by Crippen LogP contribution is 2.17. The molecule has 5 heteroatoms. The van der Waals surface area contributed by atoms with Crippen molar-refractivity contribution in [3.63, 3.8) is 0 Å². The van der Waals surface area contributed by atoms with Gasteiger partial charge in [-0.25, -0.2) is 4.98 Å². The molecule has 0 spiro atoms. The van der Waals surface area contributed by atoms with Gasteiger partial charge in [-0.1, -0.05) is 0 Å². The number of aromatic nitrogens is 1. The molecule has 0 saturated carbocycles. The number of nitriles is 1. The van der Waals surface area contributed by atoms with E-state index in [1.165, 1.54) is 0 Å². The van der Waals surface area contributed by atoms with Crippen LogP contribution < -0.4 is 4.90 Å². The highest BCUT2D eigenvalue weighted by Gasteiger charge is 2.15. The number of carbonyl (C=O) groups excluding carboxylic acids is 1. The second-order valence-corrected chi connectivity index (χ2v) is 4.21. The minimum Gasteiger partial charge on any atom is -0.378 e. The van der Waals surface area contributed by atoms with Crippen LogP contribution in [0.3, 0.4) is 0 Å². The Bertz CT molecular complexity index is 487. The molecular weight excluding hydrogens is 230 g/mol. The van der Waals surface area contributed by atoms with Crippen LogP contribution in [0.25, 0.3) is 0 Å². The molecule has 0 aliphatic carbocycles. The predicted molar refractivity (Wildman–Crippen MR) is 66.6 cm³/mol. The Balaban J connectivity index is 2.25. The number of hydrogen-bond acceptors (Lipinski definition) is 5. The highest BCUT2D eigenvalue weighted by molar-refractivity contribution is 5.98. The molecule has 0 N–H and O–H groups in total. The minimum absolute atomic E-state index is 0.0913. The molecule has 94 valence electrons. The van der Waals surface area contributed by atoms with Gasteiger partial charge in [0.1, 0.15) is 5.82 Å². The Labute approximate surface area is 106 Å². The topological polar surface area (TPSA) is 66.2 Å². The summed E-state index contributed by atoms with van der Waals surface area (Å²) in [5.74, 6) is 0.636. The number of rotatable bonds is 3. The summed E-state index contributed by atoms with van der Waals surface area (Å²) >= 11 is 0. The van der Waals surface area contributed by atoms with Crippen LogP contribution in [0.5, 0.6) is 0 Å². The largest absolute Gasteiger partial charge is 0.378 e. The molecular formula is C13H15N3O2. The molecule has 0 radical (unpaired) electrons. The number of Topliss-reactive ketones (excluding diaryl/α,β-unsaturated/α-hetero) is 1. The third kappa shape index (κ3) is 2.84. The second kappa shape index (κ2) is 5.61. The molecule has 0 aromatic carbocycles. The molecule has 18 heavy (non-hydrogen) atoms. The number of ether oxygens (including phenoxy) is 1. The molecule has 2 heterocycles. The van der Waals surface area contributed by atoms with Crippen molar-refractivity contribution >= 4 is 11.6 Å². The first-order valence-corrected chi connectivity index (χ1v) is 5.92. The summed E-state index contributed by atoms with van der Waals surface area (Å²) in [5, 5.41) is 8.57. The Kier molecular flexibility index (Phi) is 3.90. The van der Waals surface area contributed by atoms with Crippen molar-refractivity contribution in [1.82, 2.24) is 4.98 Å². The van der Waals surface area contributed by atoms with Gasteiger partial charge in [0.25, 0.3) is 0 Å². The zero-order valence-corrected chi connectivity index (χ0v) is 10.3. The van der Waals surface area contributed by atoms with Crippen molar-refractivity contribution in [3.8, 4) is 6.07 Å². The van der Waals surface area contributed by atoms with Crippen molar-refractivity contribution in [2.75, 3.05) is 31.2 Å². The lowest BCUT2D eigenvalue weighted by Crippen LogP contribution is -2.37. The third-order valence-corrected chi connectivity index (χ3v) is 2.84. The summed E-state index contributed by atoms with van der Waals surface area (Å²) in [6, 6.07) is 5.37. The number of carbonyl (C=O) groups is 1. The van der Waals surface area contributed by atoms with Gasteiger partial charge < -0.3 is 9.64 Å². The van der Waals surface area contributed by atoms with Gasteiger partial charge in [-0.3, -0.25) is 4.79 Å². The average molecular weight is 245 g/mol. The summed E-state index contributed by atoms with van der Waals surface area (Å²) in [6.07, 6.45) is -0.0913. The SMILES string of the molecule is Cc1cc(C(=O)CC#N)cc(N2CCOCC2)n1. The predicted octanol–water partition coefficient (Wildman–Crippen LogP) is 1.32. The van der Waals surface area contributed by atoms with E-state index in [-0.39, 0.29) is 12.2 Å². The molecule has 1 aliphatic rings. The van der Waals surface area contributed by atoms with Crippen LogP contribution in [0, 0.1) is 18.3 Å². The minimum atomic E-state index is -0.155. The standard InChI is InChI=1S/C13H15N3O2/c1-10-8-11(12(17)2-3-14)9-13(15-10)16-4-6-18-7-5-16/h8-9H,2,4-7H2,1H3. The second-order valence-electron chi connectivity index (χ2n) is 4.21. The molecule has 2 rings (SSSR count). The van der Waals surface area contributed by atoms with Crippen LogP contribution >= 0.6 is 0 Å². The molecule has 0 amide bonds.